The van der Waals surface area contributed by atoms with Gasteiger partial charge in [0.05, 0.1) is 22.2 Å². The third-order valence-corrected chi connectivity index (χ3v) is 3.05. The predicted molar refractivity (Wildman–Crippen MR) is 60.2 cm³/mol. The molecule has 0 fully saturated rings. The maximum absolute atomic E-state index is 12.7. The third kappa shape index (κ3) is 3.48. The van der Waals surface area contributed by atoms with E-state index in [9.17, 15) is 13.2 Å². The Bertz CT molecular complexity index is 409. The highest BCUT2D eigenvalue weighted by molar-refractivity contribution is 6.42. The van der Waals surface area contributed by atoms with Crippen LogP contribution in [-0.4, -0.2) is 17.8 Å². The number of aliphatic hydroxyl groups is 1. The van der Waals surface area contributed by atoms with Gasteiger partial charge in [0.15, 0.2) is 0 Å². The molecule has 0 heterocycles. The zero-order chi connectivity index (χ0) is 13.2. The summed E-state index contributed by atoms with van der Waals surface area (Å²) in [6.07, 6.45) is -4.72. The van der Waals surface area contributed by atoms with Crippen LogP contribution in [0.4, 0.5) is 13.2 Å². The number of hydrogen-bond donors (Lipinski definition) is 2. The Morgan fingerprint density at radius 1 is 1.29 bits per heavy atom. The molecule has 0 amide bonds. The van der Waals surface area contributed by atoms with E-state index in [2.05, 4.69) is 0 Å². The predicted octanol–water partition coefficient (Wildman–Crippen LogP) is 2.87. The Morgan fingerprint density at radius 3 is 2.35 bits per heavy atom. The smallest absolute Gasteiger partial charge is 0.395 e. The van der Waals surface area contributed by atoms with Crippen molar-refractivity contribution in [3.63, 3.8) is 0 Å². The summed E-state index contributed by atoms with van der Waals surface area (Å²) in [4.78, 5) is 0. The summed E-state index contributed by atoms with van der Waals surface area (Å²) >= 11 is 11.4. The van der Waals surface area contributed by atoms with E-state index in [-0.39, 0.29) is 22.0 Å². The molecule has 0 aromatic heterocycles. The molecule has 0 saturated heterocycles. The molecule has 1 aromatic carbocycles. The zero-order valence-corrected chi connectivity index (χ0v) is 10.1. The lowest BCUT2D eigenvalue weighted by molar-refractivity contribution is -0.138. The van der Waals surface area contributed by atoms with Crippen molar-refractivity contribution >= 4 is 23.2 Å². The number of nitrogens with two attached hydrogens (primary N) is 1. The van der Waals surface area contributed by atoms with Gasteiger partial charge in [-0.1, -0.05) is 23.2 Å². The standard InChI is InChI=1S/C10H10Cl2F3NO/c11-8-2-1-7(10(13,14)15)6(9(8)12)3-5(16)4-17/h1-2,5,17H,3-4,16H2. The van der Waals surface area contributed by atoms with E-state index < -0.39 is 24.4 Å². The maximum Gasteiger partial charge on any atom is 0.416 e. The molecule has 0 aliphatic heterocycles. The second kappa shape index (κ2) is 5.44. The van der Waals surface area contributed by atoms with Crippen molar-refractivity contribution in [2.24, 2.45) is 5.73 Å². The molecule has 0 bridgehead atoms. The summed E-state index contributed by atoms with van der Waals surface area (Å²) in [5.74, 6) is 0. The molecule has 1 unspecified atom stereocenters. The number of aliphatic hydroxyl groups excluding tert-OH is 1. The highest BCUT2D eigenvalue weighted by Crippen LogP contribution is 2.38. The van der Waals surface area contributed by atoms with Crippen LogP contribution in [0.2, 0.25) is 10.0 Å². The van der Waals surface area contributed by atoms with Crippen molar-refractivity contribution in [2.45, 2.75) is 18.6 Å². The topological polar surface area (TPSA) is 46.2 Å². The van der Waals surface area contributed by atoms with Crippen LogP contribution in [0.1, 0.15) is 11.1 Å². The Hall–Kier alpha value is -0.490. The fourth-order valence-electron chi connectivity index (χ4n) is 1.38. The second-order valence-electron chi connectivity index (χ2n) is 3.53. The van der Waals surface area contributed by atoms with Gasteiger partial charge in [-0.05, 0) is 24.1 Å². The molecule has 1 rings (SSSR count). The summed E-state index contributed by atoms with van der Waals surface area (Å²) in [7, 11) is 0. The fourth-order valence-corrected chi connectivity index (χ4v) is 1.80. The van der Waals surface area contributed by atoms with Gasteiger partial charge in [-0.15, -0.1) is 0 Å². The zero-order valence-electron chi connectivity index (χ0n) is 8.56. The Labute approximate surface area is 106 Å². The molecule has 0 saturated carbocycles. The van der Waals surface area contributed by atoms with Crippen molar-refractivity contribution in [3.05, 3.63) is 33.3 Å². The molecular weight excluding hydrogens is 278 g/mol. The first kappa shape index (κ1) is 14.6. The molecule has 7 heteroatoms. The van der Waals surface area contributed by atoms with Crippen LogP contribution >= 0.6 is 23.2 Å². The molecule has 0 spiro atoms. The number of halogens is 5. The average Bonchev–Trinajstić information content (AvgIpc) is 2.22. The first-order chi connectivity index (χ1) is 7.77. The van der Waals surface area contributed by atoms with Crippen LogP contribution in [0.25, 0.3) is 0 Å². The van der Waals surface area contributed by atoms with Gasteiger partial charge in [-0.25, -0.2) is 0 Å². The summed E-state index contributed by atoms with van der Waals surface area (Å²) in [6.45, 7) is -0.430. The minimum atomic E-state index is -4.53. The lowest BCUT2D eigenvalue weighted by Crippen LogP contribution is -2.28. The lowest BCUT2D eigenvalue weighted by Gasteiger charge is -2.17. The molecule has 0 radical (unpaired) electrons. The van der Waals surface area contributed by atoms with E-state index in [1.165, 1.54) is 0 Å². The third-order valence-electron chi connectivity index (χ3n) is 2.20. The molecule has 3 N–H and O–H groups in total. The molecular formula is C10H10Cl2F3NO. The summed E-state index contributed by atoms with van der Waals surface area (Å²) in [6, 6.07) is 1.13. The van der Waals surface area contributed by atoms with Gasteiger partial charge >= 0.3 is 6.18 Å². The van der Waals surface area contributed by atoms with Crippen LogP contribution < -0.4 is 5.73 Å². The highest BCUT2D eigenvalue weighted by atomic mass is 35.5. The first-order valence-corrected chi connectivity index (χ1v) is 5.43. The van der Waals surface area contributed by atoms with E-state index in [4.69, 9.17) is 34.0 Å². The minimum Gasteiger partial charge on any atom is -0.395 e. The van der Waals surface area contributed by atoms with Gasteiger partial charge in [-0.3, -0.25) is 0 Å². The van der Waals surface area contributed by atoms with Crippen molar-refractivity contribution in [2.75, 3.05) is 6.61 Å². The second-order valence-corrected chi connectivity index (χ2v) is 4.32. The fraction of sp³-hybridized carbons (Fsp3) is 0.400. The minimum absolute atomic E-state index is 0.0276. The molecule has 2 nitrogen and oxygen atoms in total. The largest absolute Gasteiger partial charge is 0.416 e. The number of benzene rings is 1. The van der Waals surface area contributed by atoms with Crippen molar-refractivity contribution in [1.29, 1.82) is 0 Å². The number of rotatable bonds is 3. The molecule has 17 heavy (non-hydrogen) atoms. The highest BCUT2D eigenvalue weighted by Gasteiger charge is 2.34. The van der Waals surface area contributed by atoms with Gasteiger partial charge in [0.1, 0.15) is 0 Å². The van der Waals surface area contributed by atoms with E-state index in [0.29, 0.717) is 0 Å². The van der Waals surface area contributed by atoms with Crippen LogP contribution in [0.15, 0.2) is 12.1 Å². The van der Waals surface area contributed by atoms with Crippen LogP contribution in [0.5, 0.6) is 0 Å². The molecule has 0 aliphatic rings. The molecule has 1 atom stereocenters. The SMILES string of the molecule is NC(CO)Cc1c(C(F)(F)F)ccc(Cl)c1Cl. The van der Waals surface area contributed by atoms with E-state index in [1.807, 2.05) is 0 Å². The summed E-state index contributed by atoms with van der Waals surface area (Å²) < 4.78 is 38.1. The van der Waals surface area contributed by atoms with Crippen LogP contribution in [0, 0.1) is 0 Å². The molecule has 96 valence electrons. The monoisotopic (exact) mass is 287 g/mol. The molecule has 1 aromatic rings. The summed E-state index contributed by atoms with van der Waals surface area (Å²) in [5.41, 5.74) is 4.35. The number of alkyl halides is 3. The van der Waals surface area contributed by atoms with Crippen molar-refractivity contribution in [3.8, 4) is 0 Å². The normalized spacial score (nSPS) is 13.8. The maximum atomic E-state index is 12.7. The van der Waals surface area contributed by atoms with E-state index in [0.717, 1.165) is 12.1 Å². The van der Waals surface area contributed by atoms with Gasteiger partial charge < -0.3 is 10.8 Å². The average molecular weight is 288 g/mol. The van der Waals surface area contributed by atoms with Gasteiger partial charge in [0, 0.05) is 6.04 Å². The first-order valence-electron chi connectivity index (χ1n) is 4.68. The number of hydrogen-bond acceptors (Lipinski definition) is 2. The Kier molecular flexibility index (Phi) is 4.66. The van der Waals surface area contributed by atoms with Crippen molar-refractivity contribution < 1.29 is 18.3 Å². The molecule has 0 aliphatic carbocycles. The van der Waals surface area contributed by atoms with Gasteiger partial charge in [-0.2, -0.15) is 13.2 Å². The quantitative estimate of drug-likeness (QED) is 0.898. The van der Waals surface area contributed by atoms with E-state index >= 15 is 0 Å². The van der Waals surface area contributed by atoms with Gasteiger partial charge in [0.25, 0.3) is 0 Å². The van der Waals surface area contributed by atoms with E-state index in [1.54, 1.807) is 0 Å². The summed E-state index contributed by atoms with van der Waals surface area (Å²) in [5, 5.41) is 8.62. The van der Waals surface area contributed by atoms with Gasteiger partial charge in [0.2, 0.25) is 0 Å². The van der Waals surface area contributed by atoms with Crippen molar-refractivity contribution in [1.82, 2.24) is 0 Å². The lowest BCUT2D eigenvalue weighted by atomic mass is 10.0. The van der Waals surface area contributed by atoms with Crippen LogP contribution in [-0.2, 0) is 12.6 Å². The Morgan fingerprint density at radius 2 is 1.88 bits per heavy atom. The van der Waals surface area contributed by atoms with Crippen LogP contribution in [0.3, 0.4) is 0 Å². The Balaban J connectivity index is 3.27.